The van der Waals surface area contributed by atoms with Gasteiger partial charge in [0.25, 0.3) is 0 Å². The summed E-state index contributed by atoms with van der Waals surface area (Å²) in [5.41, 5.74) is 9.53. The third kappa shape index (κ3) is 5.88. The average molecular weight is 730 g/mol. The number of aromatic nitrogens is 5. The molecule has 0 amide bonds. The van der Waals surface area contributed by atoms with Gasteiger partial charge in [-0.2, -0.15) is 4.98 Å². The first-order valence-corrected chi connectivity index (χ1v) is 18.9. The van der Waals surface area contributed by atoms with E-state index in [0.717, 1.165) is 55.3 Å². The van der Waals surface area contributed by atoms with Crippen LogP contribution < -0.4 is 0 Å². The highest BCUT2D eigenvalue weighted by Crippen LogP contribution is 2.37. The normalized spacial score (nSPS) is 11.5. The third-order valence-corrected chi connectivity index (χ3v) is 10.6. The zero-order valence-corrected chi connectivity index (χ0v) is 30.5. The number of fused-ring (bicyclic) bond motifs is 6. The van der Waals surface area contributed by atoms with Crippen molar-refractivity contribution >= 4 is 43.6 Å². The first-order chi connectivity index (χ1) is 28.2. The Morgan fingerprint density at radius 1 is 0.333 bits per heavy atom. The largest absolute Gasteiger partial charge is 0.438 e. The van der Waals surface area contributed by atoms with Crippen LogP contribution in [0, 0.1) is 0 Å². The lowest BCUT2D eigenvalue weighted by molar-refractivity contribution is 0.653. The minimum atomic E-state index is 0.355. The molecule has 266 valence electrons. The van der Waals surface area contributed by atoms with E-state index in [1.807, 2.05) is 36.4 Å². The molecule has 6 heteroatoms. The maximum Gasteiger partial charge on any atom is 0.231 e. The molecule has 3 heterocycles. The van der Waals surface area contributed by atoms with Crippen LogP contribution in [-0.2, 0) is 0 Å². The molecule has 11 aromatic rings. The molecule has 0 fully saturated rings. The van der Waals surface area contributed by atoms with E-state index in [9.17, 15) is 0 Å². The molecule has 0 aliphatic rings. The Morgan fingerprint density at radius 2 is 0.912 bits per heavy atom. The van der Waals surface area contributed by atoms with Crippen LogP contribution in [0.3, 0.4) is 0 Å². The van der Waals surface area contributed by atoms with Crippen LogP contribution in [0.2, 0.25) is 0 Å². The van der Waals surface area contributed by atoms with Crippen molar-refractivity contribution in [1.29, 1.82) is 0 Å². The summed E-state index contributed by atoms with van der Waals surface area (Å²) in [6.07, 6.45) is 1.79. The van der Waals surface area contributed by atoms with E-state index in [-0.39, 0.29) is 0 Å². The Balaban J connectivity index is 1.09. The molecule has 0 N–H and O–H groups in total. The van der Waals surface area contributed by atoms with Crippen LogP contribution in [0.5, 0.6) is 0 Å². The Kier molecular flexibility index (Phi) is 7.71. The molecule has 0 aliphatic heterocycles. The first-order valence-electron chi connectivity index (χ1n) is 18.9. The quantitative estimate of drug-likeness (QED) is 0.159. The fraction of sp³-hybridized carbons (Fsp3) is 0. The Labute approximate surface area is 327 Å². The molecule has 0 bridgehead atoms. The molecule has 0 unspecified atom stereocenters. The second-order valence-electron chi connectivity index (χ2n) is 14.1. The lowest BCUT2D eigenvalue weighted by Crippen LogP contribution is -2.02. The van der Waals surface area contributed by atoms with Crippen molar-refractivity contribution in [3.8, 4) is 67.8 Å². The number of benzene rings is 8. The minimum absolute atomic E-state index is 0.355. The van der Waals surface area contributed by atoms with Gasteiger partial charge in [0.1, 0.15) is 5.58 Å². The van der Waals surface area contributed by atoms with Crippen LogP contribution in [0.25, 0.3) is 111 Å². The smallest absolute Gasteiger partial charge is 0.231 e. The number of nitrogens with zero attached hydrogens (tertiary/aromatic N) is 5. The van der Waals surface area contributed by atoms with E-state index >= 15 is 0 Å². The number of hydrogen-bond donors (Lipinski definition) is 0. The summed E-state index contributed by atoms with van der Waals surface area (Å²) in [7, 11) is 0. The number of rotatable bonds is 6. The summed E-state index contributed by atoms with van der Waals surface area (Å²) >= 11 is 0. The Hall–Kier alpha value is -7.83. The number of hydrogen-bond acceptors (Lipinski definition) is 6. The molecule has 57 heavy (non-hydrogen) atoms. The van der Waals surface area contributed by atoms with Gasteiger partial charge >= 0.3 is 0 Å². The van der Waals surface area contributed by atoms with Gasteiger partial charge in [0.05, 0.1) is 5.39 Å². The predicted octanol–water partition coefficient (Wildman–Crippen LogP) is 12.9. The summed E-state index contributed by atoms with van der Waals surface area (Å²) < 4.78 is 6.16. The fourth-order valence-electron chi connectivity index (χ4n) is 7.80. The monoisotopic (exact) mass is 729 g/mol. The number of para-hydroxylation sites is 1. The van der Waals surface area contributed by atoms with Crippen molar-refractivity contribution in [1.82, 2.24) is 24.9 Å². The number of furan rings is 1. The van der Waals surface area contributed by atoms with Gasteiger partial charge in [-0.15, -0.1) is 0 Å². The predicted molar refractivity (Wildman–Crippen MR) is 230 cm³/mol. The van der Waals surface area contributed by atoms with Gasteiger partial charge < -0.3 is 4.42 Å². The Bertz CT molecular complexity index is 3230. The maximum atomic E-state index is 6.16. The topological polar surface area (TPSA) is 77.6 Å². The van der Waals surface area contributed by atoms with Crippen LogP contribution >= 0.6 is 0 Å². The molecule has 0 radical (unpaired) electrons. The highest BCUT2D eigenvalue weighted by atomic mass is 16.3. The van der Waals surface area contributed by atoms with Gasteiger partial charge in [-0.05, 0) is 79.2 Å². The van der Waals surface area contributed by atoms with E-state index in [1.54, 1.807) is 6.20 Å². The van der Waals surface area contributed by atoms with Crippen LogP contribution in [0.4, 0.5) is 0 Å². The van der Waals surface area contributed by atoms with Gasteiger partial charge in [-0.25, -0.2) is 19.9 Å². The van der Waals surface area contributed by atoms with E-state index < -0.39 is 0 Å². The summed E-state index contributed by atoms with van der Waals surface area (Å²) in [6.45, 7) is 0. The van der Waals surface area contributed by atoms with E-state index in [4.69, 9.17) is 29.3 Å². The summed E-state index contributed by atoms with van der Waals surface area (Å²) in [6, 6.07) is 63.0. The first kappa shape index (κ1) is 32.6. The van der Waals surface area contributed by atoms with Crippen LogP contribution in [-0.4, -0.2) is 24.9 Å². The molecule has 0 aliphatic carbocycles. The van der Waals surface area contributed by atoms with E-state index in [0.29, 0.717) is 29.0 Å². The molecule has 6 nitrogen and oxygen atoms in total. The van der Waals surface area contributed by atoms with Gasteiger partial charge in [-0.3, -0.25) is 0 Å². The second kappa shape index (κ2) is 13.5. The van der Waals surface area contributed by atoms with Gasteiger partial charge in [-0.1, -0.05) is 158 Å². The van der Waals surface area contributed by atoms with Gasteiger partial charge in [0.2, 0.25) is 17.4 Å². The van der Waals surface area contributed by atoms with Crippen molar-refractivity contribution in [3.63, 3.8) is 0 Å². The molecule has 0 saturated carbocycles. The molecule has 0 atom stereocenters. The highest BCUT2D eigenvalue weighted by Gasteiger charge is 2.18. The standard InChI is InChI=1S/C51H31N5O/c1-3-12-32(13-4-1)38-28-39(33-14-5-2-6-15-33)30-40(29-38)48-53-47(54-50(55-48)49-52-31-44-43-19-9-10-21-45(43)57-51(44)56-49)37-26-23-35(24-27-37)42-20-11-17-36-25-22-34-16-7-8-18-41(34)46(36)42/h1-31H. The molecule has 8 aromatic carbocycles. The molecule has 0 saturated heterocycles. The summed E-state index contributed by atoms with van der Waals surface area (Å²) in [5, 5.41) is 6.68. The molecule has 11 rings (SSSR count). The molecular weight excluding hydrogens is 699 g/mol. The second-order valence-corrected chi connectivity index (χ2v) is 14.1. The lowest BCUT2D eigenvalue weighted by atomic mass is 9.93. The molecule has 0 spiro atoms. The lowest BCUT2D eigenvalue weighted by Gasteiger charge is -2.13. The van der Waals surface area contributed by atoms with Gasteiger partial charge in [0.15, 0.2) is 11.6 Å². The SMILES string of the molecule is c1ccc(-c2cc(-c3ccccc3)cc(-c3nc(-c4ccc(-c5cccc6ccc7ccccc7c56)cc4)nc(-c4ncc5c(n4)oc4ccccc45)n3)c2)cc1. The zero-order valence-electron chi connectivity index (χ0n) is 30.5. The molecule has 3 aromatic heterocycles. The highest BCUT2D eigenvalue weighted by molar-refractivity contribution is 6.14. The van der Waals surface area contributed by atoms with E-state index in [2.05, 4.69) is 146 Å². The van der Waals surface area contributed by atoms with Crippen LogP contribution in [0.1, 0.15) is 0 Å². The van der Waals surface area contributed by atoms with Crippen LogP contribution in [0.15, 0.2) is 193 Å². The summed E-state index contributed by atoms with van der Waals surface area (Å²) in [5.74, 6) is 1.74. The minimum Gasteiger partial charge on any atom is -0.438 e. The van der Waals surface area contributed by atoms with E-state index in [1.165, 1.54) is 27.1 Å². The fourth-order valence-corrected chi connectivity index (χ4v) is 7.80. The van der Waals surface area contributed by atoms with Crippen molar-refractivity contribution in [2.24, 2.45) is 0 Å². The van der Waals surface area contributed by atoms with Gasteiger partial charge in [0, 0.05) is 22.7 Å². The molecular formula is C51H31N5O. The van der Waals surface area contributed by atoms with Crippen molar-refractivity contribution in [2.45, 2.75) is 0 Å². The van der Waals surface area contributed by atoms with Crippen molar-refractivity contribution in [2.75, 3.05) is 0 Å². The zero-order chi connectivity index (χ0) is 37.7. The van der Waals surface area contributed by atoms with Crippen molar-refractivity contribution in [3.05, 3.63) is 188 Å². The van der Waals surface area contributed by atoms with Crippen molar-refractivity contribution < 1.29 is 4.42 Å². The Morgan fingerprint density at radius 3 is 1.67 bits per heavy atom. The maximum absolute atomic E-state index is 6.16. The summed E-state index contributed by atoms with van der Waals surface area (Å²) in [4.78, 5) is 24.9. The third-order valence-electron chi connectivity index (χ3n) is 10.6. The average Bonchev–Trinajstić information content (AvgIpc) is 3.67.